The number of rotatable bonds is 5. The number of amides is 2. The zero-order valence-corrected chi connectivity index (χ0v) is 17.0. The van der Waals surface area contributed by atoms with Crippen LogP contribution in [0.25, 0.3) is 0 Å². The van der Waals surface area contributed by atoms with Crippen molar-refractivity contribution in [1.82, 2.24) is 9.80 Å². The smallest absolute Gasteiger partial charge is 0.336 e. The maximum atomic E-state index is 12.9. The van der Waals surface area contributed by atoms with Crippen LogP contribution in [0.1, 0.15) is 44.6 Å². The fraction of sp³-hybridized carbons (Fsp3) is 0.476. The molecule has 1 atom stereocenters. The second-order valence-corrected chi connectivity index (χ2v) is 7.53. The second-order valence-electron chi connectivity index (χ2n) is 7.10. The van der Waals surface area contributed by atoms with Gasteiger partial charge in [-0.1, -0.05) is 23.7 Å². The third-order valence-corrected chi connectivity index (χ3v) is 5.59. The number of likely N-dealkylation sites (tertiary alicyclic amines) is 1. The van der Waals surface area contributed by atoms with Crippen LogP contribution < -0.4 is 0 Å². The van der Waals surface area contributed by atoms with E-state index in [1.54, 1.807) is 30.9 Å². The van der Waals surface area contributed by atoms with Crippen molar-refractivity contribution in [1.29, 1.82) is 0 Å². The quantitative estimate of drug-likeness (QED) is 0.707. The molecular weight excluding hydrogens is 380 g/mol. The Labute approximate surface area is 170 Å². The predicted molar refractivity (Wildman–Crippen MR) is 106 cm³/mol. The molecule has 6 nitrogen and oxygen atoms in total. The molecule has 7 heteroatoms. The lowest BCUT2D eigenvalue weighted by molar-refractivity contribution is -0.142. The Morgan fingerprint density at radius 2 is 1.82 bits per heavy atom. The number of nitrogens with zero attached hydrogens (tertiary/aromatic N) is 2. The van der Waals surface area contributed by atoms with Crippen LogP contribution in [0, 0.1) is 0 Å². The van der Waals surface area contributed by atoms with Gasteiger partial charge in [0.2, 0.25) is 11.8 Å². The van der Waals surface area contributed by atoms with Crippen molar-refractivity contribution in [3.05, 3.63) is 46.1 Å². The molecule has 150 valence electrons. The monoisotopic (exact) mass is 404 g/mol. The van der Waals surface area contributed by atoms with Crippen molar-refractivity contribution in [3.8, 4) is 0 Å². The third kappa shape index (κ3) is 4.22. The second kappa shape index (κ2) is 8.78. The van der Waals surface area contributed by atoms with Gasteiger partial charge in [0.1, 0.15) is 6.54 Å². The number of allylic oxidation sites excluding steroid dienone is 1. The number of carbonyl (C=O) groups is 3. The van der Waals surface area contributed by atoms with Crippen molar-refractivity contribution in [2.24, 2.45) is 0 Å². The first-order valence-corrected chi connectivity index (χ1v) is 10.0. The summed E-state index contributed by atoms with van der Waals surface area (Å²) >= 11 is 5.98. The summed E-state index contributed by atoms with van der Waals surface area (Å²) in [5, 5.41) is 0.585. The van der Waals surface area contributed by atoms with E-state index in [0.29, 0.717) is 16.3 Å². The lowest BCUT2D eigenvalue weighted by Crippen LogP contribution is -2.44. The number of ether oxygens (including phenoxy) is 1. The molecule has 1 saturated heterocycles. The van der Waals surface area contributed by atoms with Crippen molar-refractivity contribution in [3.63, 3.8) is 0 Å². The Morgan fingerprint density at radius 3 is 2.43 bits per heavy atom. The Hall–Kier alpha value is -2.34. The highest BCUT2D eigenvalue weighted by Crippen LogP contribution is 2.37. The number of esters is 1. The summed E-state index contributed by atoms with van der Waals surface area (Å²) in [6.45, 7) is 5.10. The van der Waals surface area contributed by atoms with Gasteiger partial charge in [-0.2, -0.15) is 0 Å². The van der Waals surface area contributed by atoms with Crippen LogP contribution in [-0.2, 0) is 19.1 Å². The van der Waals surface area contributed by atoms with Crippen LogP contribution in [0.3, 0.4) is 0 Å². The Morgan fingerprint density at radius 1 is 1.18 bits per heavy atom. The molecule has 0 spiro atoms. The molecule has 1 unspecified atom stereocenters. The van der Waals surface area contributed by atoms with Crippen LogP contribution in [-0.4, -0.2) is 53.8 Å². The zero-order chi connectivity index (χ0) is 20.3. The molecule has 0 N–H and O–H groups in total. The van der Waals surface area contributed by atoms with E-state index in [-0.39, 0.29) is 31.4 Å². The Balaban J connectivity index is 1.94. The van der Waals surface area contributed by atoms with E-state index in [9.17, 15) is 14.4 Å². The number of carbonyl (C=O) groups excluding carboxylic acids is 3. The van der Waals surface area contributed by atoms with Crippen LogP contribution >= 0.6 is 11.6 Å². The largest absolute Gasteiger partial charge is 0.463 e. The lowest BCUT2D eigenvalue weighted by Gasteiger charge is -2.34. The molecule has 2 amide bonds. The number of halogens is 1. The molecule has 2 aliphatic heterocycles. The molecule has 0 aromatic heterocycles. The normalized spacial score (nSPS) is 20.0. The fourth-order valence-corrected chi connectivity index (χ4v) is 3.98. The van der Waals surface area contributed by atoms with Gasteiger partial charge in [-0.3, -0.25) is 9.59 Å². The molecule has 2 heterocycles. The van der Waals surface area contributed by atoms with Gasteiger partial charge in [0, 0.05) is 36.1 Å². The van der Waals surface area contributed by atoms with E-state index in [1.807, 2.05) is 12.1 Å². The first kappa shape index (κ1) is 20.4. The van der Waals surface area contributed by atoms with Gasteiger partial charge in [0.05, 0.1) is 12.2 Å². The van der Waals surface area contributed by atoms with E-state index in [2.05, 4.69) is 0 Å². The molecular formula is C21H25ClN2O4. The lowest BCUT2D eigenvalue weighted by atomic mass is 9.83. The molecule has 0 saturated carbocycles. The first-order valence-electron chi connectivity index (χ1n) is 9.63. The number of hydrogen-bond acceptors (Lipinski definition) is 4. The van der Waals surface area contributed by atoms with Crippen molar-refractivity contribution in [2.45, 2.75) is 39.0 Å². The van der Waals surface area contributed by atoms with Crippen LogP contribution in [0.15, 0.2) is 35.5 Å². The SMILES string of the molecule is CCOC(=O)C1=C(C)N(CC(=O)N2CCCC2)C(=O)CC1c1ccc(Cl)cc1. The van der Waals surface area contributed by atoms with Gasteiger partial charge in [-0.05, 0) is 44.4 Å². The zero-order valence-electron chi connectivity index (χ0n) is 16.2. The van der Waals surface area contributed by atoms with Crippen molar-refractivity contribution >= 4 is 29.4 Å². The molecule has 28 heavy (non-hydrogen) atoms. The minimum absolute atomic E-state index is 0.0408. The van der Waals surface area contributed by atoms with E-state index >= 15 is 0 Å². The maximum absolute atomic E-state index is 12.9. The summed E-state index contributed by atoms with van der Waals surface area (Å²) in [4.78, 5) is 41.4. The summed E-state index contributed by atoms with van der Waals surface area (Å²) < 4.78 is 5.26. The van der Waals surface area contributed by atoms with E-state index < -0.39 is 11.9 Å². The molecule has 1 aromatic rings. The number of hydrogen-bond donors (Lipinski definition) is 0. The fourth-order valence-electron chi connectivity index (χ4n) is 3.86. The van der Waals surface area contributed by atoms with E-state index in [0.717, 1.165) is 31.5 Å². The van der Waals surface area contributed by atoms with Crippen LogP contribution in [0.5, 0.6) is 0 Å². The number of benzene rings is 1. The maximum Gasteiger partial charge on any atom is 0.336 e. The van der Waals surface area contributed by atoms with Gasteiger partial charge < -0.3 is 14.5 Å². The summed E-state index contributed by atoms with van der Waals surface area (Å²) in [6.07, 6.45) is 2.09. The van der Waals surface area contributed by atoms with E-state index in [4.69, 9.17) is 16.3 Å². The van der Waals surface area contributed by atoms with Crippen molar-refractivity contribution < 1.29 is 19.1 Å². The highest BCUT2D eigenvalue weighted by atomic mass is 35.5. The molecule has 1 aromatic carbocycles. The summed E-state index contributed by atoms with van der Waals surface area (Å²) in [6, 6.07) is 7.11. The van der Waals surface area contributed by atoms with Gasteiger partial charge in [-0.25, -0.2) is 4.79 Å². The van der Waals surface area contributed by atoms with Crippen LogP contribution in [0.4, 0.5) is 0 Å². The Bertz CT molecular complexity index is 797. The third-order valence-electron chi connectivity index (χ3n) is 5.34. The van der Waals surface area contributed by atoms with Crippen molar-refractivity contribution in [2.75, 3.05) is 26.2 Å². The highest BCUT2D eigenvalue weighted by molar-refractivity contribution is 6.30. The molecule has 0 bridgehead atoms. The average Bonchev–Trinajstić information content (AvgIpc) is 3.20. The summed E-state index contributed by atoms with van der Waals surface area (Å²) in [7, 11) is 0. The van der Waals surface area contributed by atoms with Crippen LogP contribution in [0.2, 0.25) is 5.02 Å². The minimum atomic E-state index is -0.453. The van der Waals surface area contributed by atoms with Gasteiger partial charge in [0.25, 0.3) is 0 Å². The van der Waals surface area contributed by atoms with Gasteiger partial charge in [0.15, 0.2) is 0 Å². The average molecular weight is 405 g/mol. The predicted octanol–water partition coefficient (Wildman–Crippen LogP) is 3.12. The first-order chi connectivity index (χ1) is 13.4. The molecule has 2 aliphatic rings. The highest BCUT2D eigenvalue weighted by Gasteiger charge is 2.38. The summed E-state index contributed by atoms with van der Waals surface area (Å²) in [5.41, 5.74) is 1.74. The van der Waals surface area contributed by atoms with Gasteiger partial charge >= 0.3 is 5.97 Å². The molecule has 3 rings (SSSR count). The van der Waals surface area contributed by atoms with E-state index in [1.165, 1.54) is 4.90 Å². The topological polar surface area (TPSA) is 66.9 Å². The molecule has 0 aliphatic carbocycles. The molecule has 0 radical (unpaired) electrons. The molecule has 1 fully saturated rings. The van der Waals surface area contributed by atoms with Gasteiger partial charge in [-0.15, -0.1) is 0 Å². The standard InChI is InChI=1S/C21H25ClN2O4/c1-3-28-21(27)20-14(2)24(13-19(26)23-10-4-5-11-23)18(25)12-17(20)15-6-8-16(22)9-7-15/h6-9,17H,3-5,10-13H2,1-2H3. The summed E-state index contributed by atoms with van der Waals surface area (Å²) in [5.74, 6) is -1.12. The minimum Gasteiger partial charge on any atom is -0.463 e. The Kier molecular flexibility index (Phi) is 6.39.